The lowest BCUT2D eigenvalue weighted by atomic mass is 10.1. The second-order valence-corrected chi connectivity index (χ2v) is 11.5. The van der Waals surface area contributed by atoms with E-state index in [1.807, 2.05) is 42.5 Å². The molecular formula is C21H23N3OSi. The molecule has 0 saturated heterocycles. The van der Waals surface area contributed by atoms with E-state index in [-0.39, 0.29) is 0 Å². The quantitative estimate of drug-likeness (QED) is 0.465. The number of hydrogen-bond acceptors (Lipinski definition) is 4. The molecule has 0 radical (unpaired) electrons. The maximum atomic E-state index is 6.33. The molecule has 132 valence electrons. The van der Waals surface area contributed by atoms with E-state index < -0.39 is 8.32 Å². The summed E-state index contributed by atoms with van der Waals surface area (Å²) in [6.45, 7) is 8.58. The molecule has 0 atom stereocenters. The Bertz CT molecular complexity index is 862. The summed E-state index contributed by atoms with van der Waals surface area (Å²) in [4.78, 5) is 13.6. The number of nitrogens with zero attached hydrogens (tertiary/aromatic N) is 3. The summed E-state index contributed by atoms with van der Waals surface area (Å²) in [5.41, 5.74) is 4.41. The van der Waals surface area contributed by atoms with Crippen LogP contribution in [0.25, 0.3) is 0 Å². The molecule has 0 fully saturated rings. The number of rotatable bonds is 5. The normalized spacial score (nSPS) is 12.1. The van der Waals surface area contributed by atoms with Crippen molar-refractivity contribution >= 4 is 19.7 Å². The number of aromatic nitrogens is 2. The molecule has 26 heavy (non-hydrogen) atoms. The van der Waals surface area contributed by atoms with E-state index >= 15 is 0 Å². The molecule has 0 bridgehead atoms. The summed E-state index contributed by atoms with van der Waals surface area (Å²) in [6, 6.07) is 16.1. The third kappa shape index (κ3) is 4.43. The molecule has 3 aromatic rings. The van der Waals surface area contributed by atoms with Gasteiger partial charge in [-0.2, -0.15) is 0 Å². The molecule has 0 unspecified atom stereocenters. The molecule has 4 nitrogen and oxygen atoms in total. The first kappa shape index (κ1) is 18.0. The monoisotopic (exact) mass is 361 g/mol. The van der Waals surface area contributed by atoms with Crippen LogP contribution in [0.1, 0.15) is 16.8 Å². The summed E-state index contributed by atoms with van der Waals surface area (Å²) < 4.78 is 6.33. The van der Waals surface area contributed by atoms with Crippen LogP contribution in [-0.2, 0) is 0 Å². The Labute approximate surface area is 155 Å². The van der Waals surface area contributed by atoms with Gasteiger partial charge in [0.1, 0.15) is 17.1 Å². The molecule has 5 heteroatoms. The highest BCUT2D eigenvalue weighted by Crippen LogP contribution is 2.34. The van der Waals surface area contributed by atoms with E-state index in [9.17, 15) is 0 Å². The van der Waals surface area contributed by atoms with Gasteiger partial charge in [0.2, 0.25) is 8.32 Å². The van der Waals surface area contributed by atoms with Crippen LogP contribution in [0.5, 0.6) is 5.75 Å². The Morgan fingerprint density at radius 3 is 2.38 bits per heavy atom. The fourth-order valence-corrected chi connectivity index (χ4v) is 3.45. The molecule has 1 heterocycles. The Balaban J connectivity index is 2.17. The highest BCUT2D eigenvalue weighted by Gasteiger charge is 2.20. The second-order valence-electron chi connectivity index (χ2n) is 7.05. The van der Waals surface area contributed by atoms with Crippen molar-refractivity contribution < 1.29 is 4.43 Å². The van der Waals surface area contributed by atoms with Crippen molar-refractivity contribution in [2.24, 2.45) is 4.99 Å². The third-order valence-electron chi connectivity index (χ3n) is 3.68. The van der Waals surface area contributed by atoms with Crippen molar-refractivity contribution in [2.45, 2.75) is 26.6 Å². The Morgan fingerprint density at radius 2 is 1.73 bits per heavy atom. The van der Waals surface area contributed by atoms with Crippen LogP contribution < -0.4 is 4.43 Å². The predicted octanol–water partition coefficient (Wildman–Crippen LogP) is 5.17. The highest BCUT2D eigenvalue weighted by molar-refractivity contribution is 6.70. The van der Waals surface area contributed by atoms with Gasteiger partial charge in [-0.15, -0.1) is 0 Å². The summed E-state index contributed by atoms with van der Waals surface area (Å²) >= 11 is 0. The molecule has 0 spiro atoms. The molecule has 1 aromatic heterocycles. The average molecular weight is 362 g/mol. The lowest BCUT2D eigenvalue weighted by molar-refractivity contribution is 0.554. The van der Waals surface area contributed by atoms with Gasteiger partial charge in [-0.3, -0.25) is 9.97 Å². The third-order valence-corrected chi connectivity index (χ3v) is 4.50. The van der Waals surface area contributed by atoms with E-state index in [0.29, 0.717) is 0 Å². The maximum absolute atomic E-state index is 6.33. The van der Waals surface area contributed by atoms with Gasteiger partial charge in [-0.25, -0.2) is 4.99 Å². The summed E-state index contributed by atoms with van der Waals surface area (Å²) in [5, 5.41) is 0. The summed E-state index contributed by atoms with van der Waals surface area (Å²) in [6.07, 6.45) is 5.09. The van der Waals surface area contributed by atoms with Crippen LogP contribution in [0.2, 0.25) is 19.6 Å². The van der Waals surface area contributed by atoms with Gasteiger partial charge in [0.25, 0.3) is 0 Å². The largest absolute Gasteiger partial charge is 0.543 e. The number of aliphatic imine (C=N–C) groups is 1. The topological polar surface area (TPSA) is 47.4 Å². The second kappa shape index (κ2) is 7.62. The first-order valence-electron chi connectivity index (χ1n) is 8.63. The molecule has 0 saturated carbocycles. The summed E-state index contributed by atoms with van der Waals surface area (Å²) in [5.74, 6) is 0.851. The number of aryl methyl sites for hydroxylation is 1. The lowest BCUT2D eigenvalue weighted by Crippen LogP contribution is -2.29. The highest BCUT2D eigenvalue weighted by atomic mass is 28.4. The van der Waals surface area contributed by atoms with E-state index in [0.717, 1.165) is 34.0 Å². The van der Waals surface area contributed by atoms with Gasteiger partial charge in [-0.05, 0) is 38.2 Å². The Kier molecular flexibility index (Phi) is 5.28. The Morgan fingerprint density at radius 1 is 0.962 bits per heavy atom. The van der Waals surface area contributed by atoms with E-state index in [2.05, 4.69) is 42.6 Å². The van der Waals surface area contributed by atoms with Gasteiger partial charge in [0.15, 0.2) is 0 Å². The zero-order valence-electron chi connectivity index (χ0n) is 15.6. The zero-order chi connectivity index (χ0) is 18.6. The SMILES string of the molecule is Cc1cccc(N=C(c2ccccc2)c2cnccn2)c1O[Si](C)(C)C. The number of benzene rings is 2. The van der Waals surface area contributed by atoms with Crippen molar-refractivity contribution in [1.29, 1.82) is 0 Å². The minimum atomic E-state index is -1.77. The van der Waals surface area contributed by atoms with Crippen LogP contribution in [0.15, 0.2) is 72.1 Å². The van der Waals surface area contributed by atoms with Gasteiger partial charge in [0.05, 0.1) is 11.9 Å². The fourth-order valence-electron chi connectivity index (χ4n) is 2.57. The van der Waals surface area contributed by atoms with Gasteiger partial charge in [0, 0.05) is 18.0 Å². The van der Waals surface area contributed by atoms with Crippen LogP contribution in [0.4, 0.5) is 5.69 Å². The van der Waals surface area contributed by atoms with Crippen molar-refractivity contribution in [3.05, 3.63) is 83.9 Å². The van der Waals surface area contributed by atoms with E-state index in [4.69, 9.17) is 9.42 Å². The van der Waals surface area contributed by atoms with Crippen molar-refractivity contribution in [3.8, 4) is 5.75 Å². The molecule has 3 rings (SSSR count). The van der Waals surface area contributed by atoms with Crippen molar-refractivity contribution in [3.63, 3.8) is 0 Å². The minimum absolute atomic E-state index is 0.735. The molecule has 0 N–H and O–H groups in total. The minimum Gasteiger partial charge on any atom is -0.543 e. The standard InChI is InChI=1S/C21H23N3OSi/c1-16-9-8-12-18(21(16)25-26(2,3)4)24-20(17-10-6-5-7-11-17)19-15-22-13-14-23-19/h5-15H,1-4H3. The van der Waals surface area contributed by atoms with Crippen LogP contribution in [-0.4, -0.2) is 24.0 Å². The van der Waals surface area contributed by atoms with E-state index in [1.165, 1.54) is 0 Å². The fraction of sp³-hybridized carbons (Fsp3) is 0.190. The lowest BCUT2D eigenvalue weighted by Gasteiger charge is -2.22. The molecule has 2 aromatic carbocycles. The van der Waals surface area contributed by atoms with Gasteiger partial charge >= 0.3 is 0 Å². The van der Waals surface area contributed by atoms with Crippen LogP contribution >= 0.6 is 0 Å². The molecule has 0 amide bonds. The van der Waals surface area contributed by atoms with Crippen LogP contribution in [0.3, 0.4) is 0 Å². The molecular weight excluding hydrogens is 338 g/mol. The average Bonchev–Trinajstić information content (AvgIpc) is 2.63. The first-order valence-corrected chi connectivity index (χ1v) is 12.0. The zero-order valence-corrected chi connectivity index (χ0v) is 16.6. The predicted molar refractivity (Wildman–Crippen MR) is 109 cm³/mol. The molecule has 0 aliphatic heterocycles. The van der Waals surface area contributed by atoms with Crippen molar-refractivity contribution in [1.82, 2.24) is 9.97 Å². The summed E-state index contributed by atoms with van der Waals surface area (Å²) in [7, 11) is -1.77. The van der Waals surface area contributed by atoms with Gasteiger partial charge in [-0.1, -0.05) is 42.5 Å². The van der Waals surface area contributed by atoms with Gasteiger partial charge < -0.3 is 4.43 Å². The van der Waals surface area contributed by atoms with Crippen molar-refractivity contribution in [2.75, 3.05) is 0 Å². The Hall–Kier alpha value is -2.79. The maximum Gasteiger partial charge on any atom is 0.242 e. The number of hydrogen-bond donors (Lipinski definition) is 0. The van der Waals surface area contributed by atoms with Crippen LogP contribution in [0, 0.1) is 6.92 Å². The smallest absolute Gasteiger partial charge is 0.242 e. The van der Waals surface area contributed by atoms with E-state index in [1.54, 1.807) is 18.6 Å². The first-order chi connectivity index (χ1) is 12.4. The molecule has 0 aliphatic carbocycles. The number of para-hydroxylation sites is 1. The molecule has 0 aliphatic rings.